The van der Waals surface area contributed by atoms with Gasteiger partial charge in [0.2, 0.25) is 0 Å². The topological polar surface area (TPSA) is 91.7 Å². The number of rotatable bonds is 2. The molecule has 4 aliphatic carbocycles. The molecule has 4 rings (SSSR count). The van der Waals surface area contributed by atoms with Crippen molar-refractivity contribution < 1.29 is 24.6 Å². The minimum Gasteiger partial charge on any atom is -0.481 e. The fraction of sp³-hybridized carbons (Fsp3) is 0.667. The van der Waals surface area contributed by atoms with Crippen molar-refractivity contribution in [3.8, 4) is 0 Å². The van der Waals surface area contributed by atoms with Gasteiger partial charge in [0.25, 0.3) is 0 Å². The molecule has 5 nitrogen and oxygen atoms in total. The van der Waals surface area contributed by atoms with Gasteiger partial charge in [0.1, 0.15) is 5.78 Å². The molecule has 4 saturated carbocycles. The number of Topliss-reactive ketones (excluding diaryl/α,β-unsaturated/α-hetero) is 1. The van der Waals surface area contributed by atoms with E-state index in [1.165, 1.54) is 0 Å². The van der Waals surface area contributed by atoms with Gasteiger partial charge in [-0.05, 0) is 12.3 Å². The van der Waals surface area contributed by atoms with Crippen molar-refractivity contribution in [3.05, 3.63) is 0 Å². The molecule has 0 aliphatic heterocycles. The van der Waals surface area contributed by atoms with E-state index in [0.717, 1.165) is 0 Å². The van der Waals surface area contributed by atoms with Gasteiger partial charge in [-0.2, -0.15) is 0 Å². The number of hydrogen-bond donors (Lipinski definition) is 2. The van der Waals surface area contributed by atoms with Crippen molar-refractivity contribution in [3.63, 3.8) is 0 Å². The summed E-state index contributed by atoms with van der Waals surface area (Å²) in [6.45, 7) is 0. The third kappa shape index (κ3) is 0.492. The fourth-order valence-electron chi connectivity index (χ4n) is 3.73. The number of carboxylic acid groups (broad SMARTS) is 2. The van der Waals surface area contributed by atoms with Crippen LogP contribution in [0.3, 0.4) is 0 Å². The van der Waals surface area contributed by atoms with Crippen LogP contribution in [0.2, 0.25) is 0 Å². The Morgan fingerprint density at radius 2 is 2.00 bits per heavy atom. The van der Waals surface area contributed by atoms with E-state index in [-0.39, 0.29) is 11.7 Å². The van der Waals surface area contributed by atoms with Crippen molar-refractivity contribution in [1.82, 2.24) is 0 Å². The average molecular weight is 196 g/mol. The van der Waals surface area contributed by atoms with Crippen LogP contribution in [0.25, 0.3) is 0 Å². The zero-order chi connectivity index (χ0) is 10.2. The molecule has 0 amide bonds. The van der Waals surface area contributed by atoms with Crippen LogP contribution in [0.5, 0.6) is 0 Å². The second-order valence-electron chi connectivity index (χ2n) is 4.38. The van der Waals surface area contributed by atoms with E-state index in [9.17, 15) is 14.4 Å². The second-order valence-corrected chi connectivity index (χ2v) is 4.38. The van der Waals surface area contributed by atoms with Crippen LogP contribution in [0.15, 0.2) is 0 Å². The van der Waals surface area contributed by atoms with E-state index >= 15 is 0 Å². The fourth-order valence-corrected chi connectivity index (χ4v) is 3.73. The van der Waals surface area contributed by atoms with Gasteiger partial charge in [-0.3, -0.25) is 14.4 Å². The zero-order valence-electron chi connectivity index (χ0n) is 7.14. The average Bonchev–Trinajstić information content (AvgIpc) is 2.39. The standard InChI is InChI=1S/C9H8O5/c10-6-2-1-3-5(6)9(3,8(13)14)4(2)7(11)12/h2-5H,1H2,(H,11,12)(H,13,14)/t2-,3-,4+,5+,9+/m0/s1. The van der Waals surface area contributed by atoms with E-state index in [1.807, 2.05) is 0 Å². The first kappa shape index (κ1) is 7.96. The molecule has 0 radical (unpaired) electrons. The summed E-state index contributed by atoms with van der Waals surface area (Å²) in [5.41, 5.74) is -1.23. The molecule has 4 aliphatic rings. The third-order valence-corrected chi connectivity index (χ3v) is 4.15. The number of carboxylic acids is 2. The highest BCUT2D eigenvalue weighted by Gasteiger charge is 2.89. The van der Waals surface area contributed by atoms with Gasteiger partial charge in [-0.25, -0.2) is 0 Å². The molecule has 0 aromatic heterocycles. The Labute approximate surface area is 78.7 Å². The molecule has 0 spiro atoms. The first-order valence-electron chi connectivity index (χ1n) is 4.52. The molecule has 0 aromatic rings. The largest absolute Gasteiger partial charge is 0.481 e. The lowest BCUT2D eigenvalue weighted by Crippen LogP contribution is -2.31. The van der Waals surface area contributed by atoms with Crippen LogP contribution in [0.4, 0.5) is 0 Å². The zero-order valence-corrected chi connectivity index (χ0v) is 7.14. The molecule has 4 bridgehead atoms. The Morgan fingerprint density at radius 3 is 2.29 bits per heavy atom. The minimum atomic E-state index is -1.23. The van der Waals surface area contributed by atoms with Gasteiger partial charge in [-0.15, -0.1) is 0 Å². The monoisotopic (exact) mass is 196 g/mol. The predicted molar refractivity (Wildman–Crippen MR) is 41.3 cm³/mol. The maximum Gasteiger partial charge on any atom is 0.311 e. The van der Waals surface area contributed by atoms with E-state index < -0.39 is 35.1 Å². The molecule has 2 N–H and O–H groups in total. The molecular formula is C9H8O5. The lowest BCUT2D eigenvalue weighted by molar-refractivity contribution is -0.155. The minimum absolute atomic E-state index is 0.134. The smallest absolute Gasteiger partial charge is 0.311 e. The van der Waals surface area contributed by atoms with Crippen LogP contribution in [-0.4, -0.2) is 27.9 Å². The first-order chi connectivity index (χ1) is 6.52. The summed E-state index contributed by atoms with van der Waals surface area (Å²) in [7, 11) is 0. The Hall–Kier alpha value is -1.39. The van der Waals surface area contributed by atoms with Crippen molar-refractivity contribution >= 4 is 17.7 Å². The Kier molecular flexibility index (Phi) is 1.05. The van der Waals surface area contributed by atoms with Crippen LogP contribution in [-0.2, 0) is 14.4 Å². The quantitative estimate of drug-likeness (QED) is 0.627. The molecule has 14 heavy (non-hydrogen) atoms. The predicted octanol–water partition coefficient (Wildman–Crippen LogP) is -0.393. The second kappa shape index (κ2) is 1.85. The van der Waals surface area contributed by atoms with Crippen LogP contribution in [0.1, 0.15) is 6.42 Å². The normalized spacial score (nSPS) is 52.1. The van der Waals surface area contributed by atoms with Crippen molar-refractivity contribution in [2.24, 2.45) is 29.1 Å². The van der Waals surface area contributed by atoms with E-state index in [0.29, 0.717) is 6.42 Å². The van der Waals surface area contributed by atoms with Crippen molar-refractivity contribution in [1.29, 1.82) is 0 Å². The van der Waals surface area contributed by atoms with Gasteiger partial charge in [0.05, 0.1) is 11.3 Å². The summed E-state index contributed by atoms with van der Waals surface area (Å²) in [6, 6.07) is 0. The SMILES string of the molecule is O=C(O)[C@H]1[C@@H]2C[C@H]3[C@H](C2=O)[C@@]31C(=O)O. The Morgan fingerprint density at radius 1 is 1.36 bits per heavy atom. The highest BCUT2D eigenvalue weighted by Crippen LogP contribution is 2.79. The van der Waals surface area contributed by atoms with Gasteiger partial charge < -0.3 is 10.2 Å². The van der Waals surface area contributed by atoms with Gasteiger partial charge in [0.15, 0.2) is 0 Å². The molecule has 4 fully saturated rings. The van der Waals surface area contributed by atoms with Gasteiger partial charge in [0, 0.05) is 11.8 Å². The van der Waals surface area contributed by atoms with Gasteiger partial charge >= 0.3 is 11.9 Å². The highest BCUT2D eigenvalue weighted by atomic mass is 16.4. The maximum atomic E-state index is 11.5. The van der Waals surface area contributed by atoms with Gasteiger partial charge in [-0.1, -0.05) is 0 Å². The van der Waals surface area contributed by atoms with Crippen LogP contribution in [0, 0.1) is 29.1 Å². The summed E-state index contributed by atoms with van der Waals surface area (Å²) in [5, 5.41) is 18.0. The van der Waals surface area contributed by atoms with Crippen LogP contribution < -0.4 is 0 Å². The Balaban J connectivity index is 2.13. The summed E-state index contributed by atoms with van der Waals surface area (Å²) in [4.78, 5) is 33.4. The summed E-state index contributed by atoms with van der Waals surface area (Å²) in [6.07, 6.45) is 0.465. The van der Waals surface area contributed by atoms with Crippen molar-refractivity contribution in [2.75, 3.05) is 0 Å². The lowest BCUT2D eigenvalue weighted by Gasteiger charge is -2.13. The number of carbonyl (C=O) groups excluding carboxylic acids is 1. The van der Waals surface area contributed by atoms with Crippen molar-refractivity contribution in [2.45, 2.75) is 6.42 Å². The maximum absolute atomic E-state index is 11.5. The lowest BCUT2D eigenvalue weighted by atomic mass is 9.89. The number of carbonyl (C=O) groups is 3. The van der Waals surface area contributed by atoms with E-state index in [1.54, 1.807) is 0 Å². The molecule has 0 unspecified atom stereocenters. The molecule has 0 aromatic carbocycles. The number of aliphatic carboxylic acids is 2. The van der Waals surface area contributed by atoms with Crippen LogP contribution >= 0.6 is 0 Å². The van der Waals surface area contributed by atoms with E-state index in [2.05, 4.69) is 0 Å². The number of ketones is 1. The third-order valence-electron chi connectivity index (χ3n) is 4.15. The molecule has 0 saturated heterocycles. The molecule has 0 heterocycles. The summed E-state index contributed by atoms with van der Waals surface area (Å²) < 4.78 is 0. The number of hydrogen-bond acceptors (Lipinski definition) is 3. The van der Waals surface area contributed by atoms with E-state index in [4.69, 9.17) is 10.2 Å². The molecular weight excluding hydrogens is 188 g/mol. The molecule has 5 atom stereocenters. The molecule has 74 valence electrons. The summed E-state index contributed by atoms with van der Waals surface area (Å²) in [5.74, 6) is -4.56. The highest BCUT2D eigenvalue weighted by molar-refractivity contribution is 6.08. The first-order valence-corrected chi connectivity index (χ1v) is 4.52. The molecule has 5 heteroatoms. The Bertz CT molecular complexity index is 383. The summed E-state index contributed by atoms with van der Waals surface area (Å²) >= 11 is 0.